The van der Waals surface area contributed by atoms with Gasteiger partial charge in [0.2, 0.25) is 11.6 Å². The van der Waals surface area contributed by atoms with E-state index in [0.717, 1.165) is 18.5 Å². The Morgan fingerprint density at radius 2 is 1.70 bits per heavy atom. The summed E-state index contributed by atoms with van der Waals surface area (Å²) in [6.07, 6.45) is -3.67. The molecule has 0 aliphatic heterocycles. The van der Waals surface area contributed by atoms with Crippen LogP contribution in [0.3, 0.4) is 0 Å². The summed E-state index contributed by atoms with van der Waals surface area (Å²) in [5, 5.41) is 14.5. The van der Waals surface area contributed by atoms with Crippen molar-refractivity contribution >= 4 is 23.0 Å². The molecule has 0 aliphatic carbocycles. The van der Waals surface area contributed by atoms with Gasteiger partial charge >= 0.3 is 12.0 Å². The molecule has 10 nitrogen and oxygen atoms in total. The van der Waals surface area contributed by atoms with E-state index in [-0.39, 0.29) is 23.0 Å². The van der Waals surface area contributed by atoms with Crippen LogP contribution in [0.25, 0.3) is 0 Å². The fraction of sp³-hybridized carbons (Fsp3) is 0.412. The Bertz CT molecular complexity index is 828. The van der Waals surface area contributed by atoms with Crippen LogP contribution >= 0.6 is 0 Å². The number of ether oxygens (including phenoxy) is 3. The highest BCUT2D eigenvalue weighted by atomic mass is 19.4. The van der Waals surface area contributed by atoms with E-state index < -0.39 is 17.0 Å². The molecule has 30 heavy (non-hydrogen) atoms. The van der Waals surface area contributed by atoms with E-state index in [1.807, 2.05) is 0 Å². The lowest BCUT2D eigenvalue weighted by atomic mass is 10.3. The van der Waals surface area contributed by atoms with Gasteiger partial charge in [0.1, 0.15) is 12.1 Å². The van der Waals surface area contributed by atoms with Crippen LogP contribution < -0.4 is 15.0 Å². The molecule has 2 aromatic rings. The number of nitrogens with one attached hydrogen (secondary N) is 1. The van der Waals surface area contributed by atoms with E-state index in [4.69, 9.17) is 9.47 Å². The molecule has 0 unspecified atom stereocenters. The van der Waals surface area contributed by atoms with Crippen molar-refractivity contribution in [2.75, 3.05) is 50.7 Å². The number of methoxy groups -OCH3 is 2. The molecular formula is C17H20F3N5O5. The zero-order valence-electron chi connectivity index (χ0n) is 16.2. The van der Waals surface area contributed by atoms with Crippen molar-refractivity contribution in [1.82, 2.24) is 9.97 Å². The third-order valence-corrected chi connectivity index (χ3v) is 3.77. The molecule has 0 saturated carbocycles. The maximum Gasteiger partial charge on any atom is 0.573 e. The molecule has 0 spiro atoms. The fourth-order valence-electron chi connectivity index (χ4n) is 2.46. The molecular weight excluding hydrogens is 411 g/mol. The van der Waals surface area contributed by atoms with Crippen LogP contribution in [-0.2, 0) is 9.47 Å². The Balaban J connectivity index is 2.31. The van der Waals surface area contributed by atoms with Crippen molar-refractivity contribution in [2.45, 2.75) is 6.36 Å². The van der Waals surface area contributed by atoms with E-state index in [1.54, 1.807) is 4.90 Å². The Hall–Kier alpha value is -3.19. The second kappa shape index (κ2) is 10.5. The van der Waals surface area contributed by atoms with Crippen molar-refractivity contribution in [3.8, 4) is 5.75 Å². The molecule has 0 atom stereocenters. The summed E-state index contributed by atoms with van der Waals surface area (Å²) in [5.74, 6) is -0.478. The molecule has 1 aromatic carbocycles. The highest BCUT2D eigenvalue weighted by Crippen LogP contribution is 2.34. The Morgan fingerprint density at radius 1 is 1.10 bits per heavy atom. The van der Waals surface area contributed by atoms with Crippen LogP contribution in [0.4, 0.5) is 36.2 Å². The van der Waals surface area contributed by atoms with Crippen molar-refractivity contribution in [3.05, 3.63) is 40.7 Å². The maximum absolute atomic E-state index is 12.3. The quantitative estimate of drug-likeness (QED) is 0.424. The lowest BCUT2D eigenvalue weighted by molar-refractivity contribution is -0.383. The molecule has 0 bridgehead atoms. The minimum Gasteiger partial charge on any atom is -0.406 e. The average molecular weight is 431 g/mol. The second-order valence-electron chi connectivity index (χ2n) is 5.82. The SMILES string of the molecule is COCCN(CCOC)c1ncnc(Nc2ccc(OC(F)(F)F)cc2)c1[N+](=O)[O-]. The zero-order valence-corrected chi connectivity index (χ0v) is 16.2. The van der Waals surface area contributed by atoms with Gasteiger partial charge in [0.25, 0.3) is 0 Å². The van der Waals surface area contributed by atoms with Gasteiger partial charge in [-0.15, -0.1) is 13.2 Å². The van der Waals surface area contributed by atoms with Crippen LogP contribution in [0.2, 0.25) is 0 Å². The third-order valence-electron chi connectivity index (χ3n) is 3.77. The van der Waals surface area contributed by atoms with Gasteiger partial charge in [-0.05, 0) is 24.3 Å². The van der Waals surface area contributed by atoms with Crippen LogP contribution in [0.1, 0.15) is 0 Å². The van der Waals surface area contributed by atoms with Crippen molar-refractivity contribution in [2.24, 2.45) is 0 Å². The highest BCUT2D eigenvalue weighted by Gasteiger charge is 2.31. The number of hydrogen-bond donors (Lipinski definition) is 1. The van der Waals surface area contributed by atoms with E-state index in [1.165, 1.54) is 26.4 Å². The van der Waals surface area contributed by atoms with Gasteiger partial charge in [0.05, 0.1) is 18.1 Å². The molecule has 2 rings (SSSR count). The average Bonchev–Trinajstić information content (AvgIpc) is 2.68. The van der Waals surface area contributed by atoms with Gasteiger partial charge in [-0.2, -0.15) is 0 Å². The summed E-state index contributed by atoms with van der Waals surface area (Å²) in [6, 6.07) is 4.71. The normalized spacial score (nSPS) is 11.2. The monoisotopic (exact) mass is 431 g/mol. The predicted octanol–water partition coefficient (Wildman–Crippen LogP) is 3.13. The van der Waals surface area contributed by atoms with Gasteiger partial charge < -0.3 is 24.4 Å². The molecule has 13 heteroatoms. The number of halogens is 3. The van der Waals surface area contributed by atoms with Crippen LogP contribution in [-0.4, -0.2) is 61.8 Å². The smallest absolute Gasteiger partial charge is 0.406 e. The first-order valence-corrected chi connectivity index (χ1v) is 8.60. The third kappa shape index (κ3) is 6.70. The number of alkyl halides is 3. The lowest BCUT2D eigenvalue weighted by Gasteiger charge is -2.23. The van der Waals surface area contributed by atoms with E-state index in [0.29, 0.717) is 26.3 Å². The summed E-state index contributed by atoms with van der Waals surface area (Å²) < 4.78 is 50.7. The summed E-state index contributed by atoms with van der Waals surface area (Å²) in [4.78, 5) is 20.7. The summed E-state index contributed by atoms with van der Waals surface area (Å²) in [6.45, 7) is 1.24. The number of nitro groups is 1. The minimum absolute atomic E-state index is 0.0589. The lowest BCUT2D eigenvalue weighted by Crippen LogP contribution is -2.32. The first-order valence-electron chi connectivity index (χ1n) is 8.60. The summed E-state index contributed by atoms with van der Waals surface area (Å²) in [5.41, 5.74) is -0.113. The molecule has 0 radical (unpaired) electrons. The summed E-state index contributed by atoms with van der Waals surface area (Å²) in [7, 11) is 3.00. The van der Waals surface area contributed by atoms with Gasteiger partial charge in [0.15, 0.2) is 0 Å². The maximum atomic E-state index is 12.3. The highest BCUT2D eigenvalue weighted by molar-refractivity contribution is 5.74. The number of benzene rings is 1. The Kier molecular flexibility index (Phi) is 8.12. The first kappa shape index (κ1) is 23.1. The van der Waals surface area contributed by atoms with Crippen molar-refractivity contribution < 1.29 is 32.3 Å². The zero-order chi connectivity index (χ0) is 22.1. The molecule has 0 aliphatic rings. The fourth-order valence-corrected chi connectivity index (χ4v) is 2.46. The van der Waals surface area contributed by atoms with Gasteiger partial charge in [0, 0.05) is 33.0 Å². The van der Waals surface area contributed by atoms with Crippen LogP contribution in [0, 0.1) is 10.1 Å². The summed E-state index contributed by atoms with van der Waals surface area (Å²) >= 11 is 0. The van der Waals surface area contributed by atoms with Crippen LogP contribution in [0.5, 0.6) is 5.75 Å². The molecule has 1 heterocycles. The van der Waals surface area contributed by atoms with E-state index >= 15 is 0 Å². The van der Waals surface area contributed by atoms with E-state index in [9.17, 15) is 23.3 Å². The first-order chi connectivity index (χ1) is 14.2. The van der Waals surface area contributed by atoms with Crippen molar-refractivity contribution in [1.29, 1.82) is 0 Å². The Labute approximate surface area is 169 Å². The predicted molar refractivity (Wildman–Crippen MR) is 101 cm³/mol. The number of aromatic nitrogens is 2. The van der Waals surface area contributed by atoms with Gasteiger partial charge in [-0.3, -0.25) is 10.1 Å². The van der Waals surface area contributed by atoms with Crippen LogP contribution in [0.15, 0.2) is 30.6 Å². The number of hydrogen-bond acceptors (Lipinski definition) is 9. The second-order valence-corrected chi connectivity index (χ2v) is 5.82. The molecule has 164 valence electrons. The standard InChI is InChI=1S/C17H20F3N5O5/c1-28-9-7-24(8-10-29-2)16-14(25(26)27)15(21-11-22-16)23-12-3-5-13(6-4-12)30-17(18,19)20/h3-6,11H,7-10H2,1-2H3,(H,21,22,23). The Morgan fingerprint density at radius 3 is 2.20 bits per heavy atom. The van der Waals surface area contributed by atoms with Crippen molar-refractivity contribution in [3.63, 3.8) is 0 Å². The topological polar surface area (TPSA) is 112 Å². The van der Waals surface area contributed by atoms with E-state index in [2.05, 4.69) is 20.0 Å². The molecule has 1 N–H and O–H groups in total. The minimum atomic E-state index is -4.82. The van der Waals surface area contributed by atoms with Gasteiger partial charge in [-0.1, -0.05) is 0 Å². The molecule has 1 aromatic heterocycles. The number of rotatable bonds is 11. The largest absolute Gasteiger partial charge is 0.573 e. The molecule has 0 saturated heterocycles. The number of anilines is 3. The number of nitrogens with zero attached hydrogens (tertiary/aromatic N) is 4. The van der Waals surface area contributed by atoms with Gasteiger partial charge in [-0.25, -0.2) is 9.97 Å². The molecule has 0 amide bonds. The molecule has 0 fully saturated rings.